The summed E-state index contributed by atoms with van der Waals surface area (Å²) < 4.78 is 0. The molecular formula is C18H14O4. The summed E-state index contributed by atoms with van der Waals surface area (Å²) in [6.07, 6.45) is -1.11. The van der Waals surface area contributed by atoms with Gasteiger partial charge in [0.15, 0.2) is 17.2 Å². The van der Waals surface area contributed by atoms with Gasteiger partial charge in [0.05, 0.1) is 5.92 Å². The van der Waals surface area contributed by atoms with Crippen LogP contribution in [-0.4, -0.2) is 27.4 Å². The van der Waals surface area contributed by atoms with Gasteiger partial charge in [-0.25, -0.2) is 0 Å². The lowest BCUT2D eigenvalue weighted by molar-refractivity contribution is -0.0691. The minimum Gasteiger partial charge on any atom is -0.385 e. The molecule has 2 aromatic carbocycles. The van der Waals surface area contributed by atoms with Gasteiger partial charge in [-0.05, 0) is 17.5 Å². The molecule has 4 nitrogen and oxygen atoms in total. The van der Waals surface area contributed by atoms with Crippen molar-refractivity contribution in [3.63, 3.8) is 0 Å². The van der Waals surface area contributed by atoms with Crippen LogP contribution in [0.1, 0.15) is 37.9 Å². The number of aliphatic hydroxyl groups excluding tert-OH is 1. The Morgan fingerprint density at radius 2 is 1.59 bits per heavy atom. The van der Waals surface area contributed by atoms with E-state index in [2.05, 4.69) is 0 Å². The van der Waals surface area contributed by atoms with Gasteiger partial charge >= 0.3 is 0 Å². The molecule has 2 aliphatic carbocycles. The van der Waals surface area contributed by atoms with Crippen molar-refractivity contribution in [3.8, 4) is 0 Å². The second-order valence-electron chi connectivity index (χ2n) is 5.92. The predicted octanol–water partition coefficient (Wildman–Crippen LogP) is 1.70. The first-order chi connectivity index (χ1) is 10.5. The fourth-order valence-electron chi connectivity index (χ4n) is 3.66. The molecule has 0 saturated heterocycles. The van der Waals surface area contributed by atoms with E-state index >= 15 is 0 Å². The van der Waals surface area contributed by atoms with E-state index in [0.717, 1.165) is 5.56 Å². The van der Waals surface area contributed by atoms with Gasteiger partial charge in [-0.2, -0.15) is 0 Å². The van der Waals surface area contributed by atoms with Gasteiger partial charge in [0, 0.05) is 11.1 Å². The Bertz CT molecular complexity index is 810. The lowest BCUT2D eigenvalue weighted by Gasteiger charge is -2.30. The van der Waals surface area contributed by atoms with E-state index in [-0.39, 0.29) is 12.2 Å². The van der Waals surface area contributed by atoms with Crippen molar-refractivity contribution in [1.29, 1.82) is 0 Å². The molecule has 0 bridgehead atoms. The van der Waals surface area contributed by atoms with Crippen molar-refractivity contribution in [2.45, 2.75) is 18.1 Å². The van der Waals surface area contributed by atoms with Crippen LogP contribution in [-0.2, 0) is 6.42 Å². The van der Waals surface area contributed by atoms with E-state index in [1.165, 1.54) is 0 Å². The molecule has 110 valence electrons. The standard InChI is InChI=1S/C18H14O4/c19-15-11-6-2-1-5-10(11)9-14(15)18(22)16(20)12-7-3-4-8-13(12)17(18)21/h1-8,14,16,20,22H,9H2. The van der Waals surface area contributed by atoms with Crippen molar-refractivity contribution in [2.24, 2.45) is 5.92 Å². The first-order valence-electron chi connectivity index (χ1n) is 7.21. The Balaban J connectivity index is 1.82. The van der Waals surface area contributed by atoms with E-state index in [1.54, 1.807) is 36.4 Å². The quantitative estimate of drug-likeness (QED) is 0.839. The summed E-state index contributed by atoms with van der Waals surface area (Å²) in [6.45, 7) is 0. The monoisotopic (exact) mass is 294 g/mol. The number of fused-ring (bicyclic) bond motifs is 2. The third kappa shape index (κ3) is 1.48. The molecule has 0 amide bonds. The van der Waals surface area contributed by atoms with Crippen LogP contribution in [0.25, 0.3) is 0 Å². The van der Waals surface area contributed by atoms with Gasteiger partial charge in [0.1, 0.15) is 6.10 Å². The van der Waals surface area contributed by atoms with Crippen LogP contribution in [0.5, 0.6) is 0 Å². The number of carbonyl (C=O) groups excluding carboxylic acids is 2. The molecule has 0 saturated carbocycles. The van der Waals surface area contributed by atoms with Gasteiger partial charge in [-0.3, -0.25) is 9.59 Å². The molecular weight excluding hydrogens is 280 g/mol. The molecule has 2 aromatic rings. The van der Waals surface area contributed by atoms with Crippen LogP contribution in [0.2, 0.25) is 0 Å². The maximum absolute atomic E-state index is 12.7. The van der Waals surface area contributed by atoms with Crippen molar-refractivity contribution < 1.29 is 19.8 Å². The molecule has 22 heavy (non-hydrogen) atoms. The molecule has 0 heterocycles. The Labute approximate surface area is 127 Å². The largest absolute Gasteiger partial charge is 0.385 e. The SMILES string of the molecule is O=C1c2ccccc2CC1C1(O)C(=O)c2ccccc2C1O. The van der Waals surface area contributed by atoms with E-state index in [9.17, 15) is 19.8 Å². The maximum atomic E-state index is 12.7. The average molecular weight is 294 g/mol. The summed E-state index contributed by atoms with van der Waals surface area (Å²) in [5.41, 5.74) is -0.0708. The summed E-state index contributed by atoms with van der Waals surface area (Å²) in [6, 6.07) is 13.7. The Morgan fingerprint density at radius 3 is 2.27 bits per heavy atom. The third-order valence-corrected chi connectivity index (χ3v) is 4.84. The summed E-state index contributed by atoms with van der Waals surface area (Å²) in [4.78, 5) is 25.3. The number of Topliss-reactive ketones (excluding diaryl/α,β-unsaturated/α-hetero) is 2. The summed E-state index contributed by atoms with van der Waals surface area (Å²) in [5, 5.41) is 21.5. The molecule has 2 aliphatic rings. The zero-order chi connectivity index (χ0) is 15.5. The fraction of sp³-hybridized carbons (Fsp3) is 0.222. The van der Waals surface area contributed by atoms with Crippen molar-refractivity contribution in [2.75, 3.05) is 0 Å². The van der Waals surface area contributed by atoms with Gasteiger partial charge in [0.25, 0.3) is 0 Å². The number of aliphatic hydroxyl groups is 2. The molecule has 2 N–H and O–H groups in total. The van der Waals surface area contributed by atoms with E-state index in [4.69, 9.17) is 0 Å². The first kappa shape index (κ1) is 13.4. The number of hydrogen-bond donors (Lipinski definition) is 2. The highest BCUT2D eigenvalue weighted by Gasteiger charge is 2.59. The topological polar surface area (TPSA) is 74.6 Å². The van der Waals surface area contributed by atoms with Crippen LogP contribution in [0.3, 0.4) is 0 Å². The Morgan fingerprint density at radius 1 is 0.955 bits per heavy atom. The van der Waals surface area contributed by atoms with E-state index < -0.39 is 23.4 Å². The number of carbonyl (C=O) groups is 2. The first-order valence-corrected chi connectivity index (χ1v) is 7.21. The van der Waals surface area contributed by atoms with E-state index in [0.29, 0.717) is 16.7 Å². The molecule has 0 spiro atoms. The molecule has 0 aromatic heterocycles. The zero-order valence-electron chi connectivity index (χ0n) is 11.7. The Hall–Kier alpha value is -2.30. The molecule has 0 radical (unpaired) electrons. The van der Waals surface area contributed by atoms with Crippen LogP contribution in [0, 0.1) is 5.92 Å². The highest BCUT2D eigenvalue weighted by Crippen LogP contribution is 2.47. The van der Waals surface area contributed by atoms with Gasteiger partial charge in [0.2, 0.25) is 0 Å². The number of hydrogen-bond acceptors (Lipinski definition) is 4. The smallest absolute Gasteiger partial charge is 0.198 e. The Kier molecular flexibility index (Phi) is 2.64. The highest BCUT2D eigenvalue weighted by atomic mass is 16.4. The number of ketones is 2. The molecule has 3 atom stereocenters. The average Bonchev–Trinajstić information content (AvgIpc) is 2.99. The zero-order valence-corrected chi connectivity index (χ0v) is 11.7. The second kappa shape index (κ2) is 4.35. The summed E-state index contributed by atoms with van der Waals surface area (Å²) >= 11 is 0. The third-order valence-electron chi connectivity index (χ3n) is 4.84. The predicted molar refractivity (Wildman–Crippen MR) is 78.6 cm³/mol. The highest BCUT2D eigenvalue weighted by molar-refractivity contribution is 6.13. The van der Waals surface area contributed by atoms with Crippen molar-refractivity contribution in [1.82, 2.24) is 0 Å². The van der Waals surface area contributed by atoms with Crippen molar-refractivity contribution in [3.05, 3.63) is 70.8 Å². The van der Waals surface area contributed by atoms with Crippen molar-refractivity contribution >= 4 is 11.6 Å². The lowest BCUT2D eigenvalue weighted by Crippen LogP contribution is -2.49. The number of rotatable bonds is 1. The lowest BCUT2D eigenvalue weighted by atomic mass is 9.79. The normalized spacial score (nSPS) is 29.5. The molecule has 0 fully saturated rings. The van der Waals surface area contributed by atoms with Crippen LogP contribution in [0.4, 0.5) is 0 Å². The van der Waals surface area contributed by atoms with Crippen LogP contribution in [0.15, 0.2) is 48.5 Å². The maximum Gasteiger partial charge on any atom is 0.198 e. The van der Waals surface area contributed by atoms with Gasteiger partial charge in [-0.15, -0.1) is 0 Å². The fourth-order valence-corrected chi connectivity index (χ4v) is 3.66. The van der Waals surface area contributed by atoms with Crippen LogP contribution >= 0.6 is 0 Å². The molecule has 3 unspecified atom stereocenters. The molecule has 4 rings (SSSR count). The van der Waals surface area contributed by atoms with E-state index in [1.807, 2.05) is 12.1 Å². The second-order valence-corrected chi connectivity index (χ2v) is 5.92. The van der Waals surface area contributed by atoms with Crippen LogP contribution < -0.4 is 0 Å². The number of benzene rings is 2. The minimum atomic E-state index is -2.08. The van der Waals surface area contributed by atoms with Gasteiger partial charge in [-0.1, -0.05) is 48.5 Å². The molecule has 4 heteroatoms. The summed E-state index contributed by atoms with van der Waals surface area (Å²) in [7, 11) is 0. The molecule has 0 aliphatic heterocycles. The summed E-state index contributed by atoms with van der Waals surface area (Å²) in [5.74, 6) is -1.79. The van der Waals surface area contributed by atoms with Gasteiger partial charge < -0.3 is 10.2 Å². The minimum absolute atomic E-state index is 0.266.